The Morgan fingerprint density at radius 2 is 2.00 bits per heavy atom. The molecule has 0 saturated carbocycles. The maximum atomic E-state index is 12.8. The van der Waals surface area contributed by atoms with Gasteiger partial charge in [-0.25, -0.2) is 8.42 Å². The van der Waals surface area contributed by atoms with Gasteiger partial charge < -0.3 is 5.32 Å². The van der Waals surface area contributed by atoms with Crippen molar-refractivity contribution in [3.05, 3.63) is 16.3 Å². The van der Waals surface area contributed by atoms with Crippen molar-refractivity contribution in [2.75, 3.05) is 13.1 Å². The van der Waals surface area contributed by atoms with Gasteiger partial charge in [-0.3, -0.25) is 0 Å². The molecule has 1 aromatic heterocycles. The first-order valence-electron chi connectivity index (χ1n) is 7.73. The summed E-state index contributed by atoms with van der Waals surface area (Å²) in [4.78, 5) is 1.50. The zero-order chi connectivity index (χ0) is 15.9. The average Bonchev–Trinajstić information content (AvgIpc) is 2.90. The summed E-state index contributed by atoms with van der Waals surface area (Å²) < 4.78 is 27.2. The summed E-state index contributed by atoms with van der Waals surface area (Å²) in [5.41, 5.74) is 0. The molecule has 0 unspecified atom stereocenters. The lowest BCUT2D eigenvalue weighted by Gasteiger charge is -2.25. The lowest BCUT2D eigenvalue weighted by atomic mass is 10.2. The van der Waals surface area contributed by atoms with E-state index in [-0.39, 0.29) is 6.04 Å². The van der Waals surface area contributed by atoms with E-state index in [4.69, 9.17) is 0 Å². The molecule has 0 saturated heterocycles. The lowest BCUT2D eigenvalue weighted by Crippen LogP contribution is -2.37. The van der Waals surface area contributed by atoms with Crippen LogP contribution in [0.25, 0.3) is 0 Å². The highest BCUT2D eigenvalue weighted by Crippen LogP contribution is 2.24. The summed E-state index contributed by atoms with van der Waals surface area (Å²) in [6.07, 6.45) is 3.08. The molecule has 0 radical (unpaired) electrons. The zero-order valence-corrected chi connectivity index (χ0v) is 15.2. The molecule has 1 rings (SSSR count). The molecule has 0 amide bonds. The minimum absolute atomic E-state index is 0.0102. The molecule has 0 aliphatic rings. The second-order valence-electron chi connectivity index (χ2n) is 5.45. The van der Waals surface area contributed by atoms with Crippen molar-refractivity contribution >= 4 is 21.4 Å². The minimum Gasteiger partial charge on any atom is -0.312 e. The van der Waals surface area contributed by atoms with Crippen molar-refractivity contribution in [2.24, 2.45) is 0 Å². The molecule has 0 aliphatic heterocycles. The second kappa shape index (κ2) is 8.88. The summed E-state index contributed by atoms with van der Waals surface area (Å²) in [7, 11) is -3.37. The predicted octanol–water partition coefficient (Wildman–Crippen LogP) is 3.45. The SMILES string of the molecule is CCCCCN(C(C)C)S(=O)(=O)c1csc(CNCC)c1. The van der Waals surface area contributed by atoms with Gasteiger partial charge in [0, 0.05) is 29.4 Å². The first-order chi connectivity index (χ1) is 9.93. The molecule has 0 atom stereocenters. The van der Waals surface area contributed by atoms with E-state index in [0.29, 0.717) is 11.4 Å². The number of nitrogens with zero attached hydrogens (tertiary/aromatic N) is 1. The van der Waals surface area contributed by atoms with Crippen LogP contribution in [-0.2, 0) is 16.6 Å². The number of nitrogens with one attached hydrogen (secondary N) is 1. The van der Waals surface area contributed by atoms with E-state index in [0.717, 1.165) is 37.2 Å². The van der Waals surface area contributed by atoms with Crippen LogP contribution < -0.4 is 5.32 Å². The maximum absolute atomic E-state index is 12.8. The number of rotatable bonds is 10. The maximum Gasteiger partial charge on any atom is 0.244 e. The van der Waals surface area contributed by atoms with Crippen LogP contribution in [0.2, 0.25) is 0 Å². The molecule has 0 spiro atoms. The van der Waals surface area contributed by atoms with Gasteiger partial charge in [-0.05, 0) is 32.9 Å². The highest BCUT2D eigenvalue weighted by molar-refractivity contribution is 7.89. The third-order valence-electron chi connectivity index (χ3n) is 3.34. The molecular weight excluding hydrogens is 304 g/mol. The Morgan fingerprint density at radius 3 is 2.57 bits per heavy atom. The fourth-order valence-electron chi connectivity index (χ4n) is 2.15. The zero-order valence-electron chi connectivity index (χ0n) is 13.6. The fraction of sp³-hybridized carbons (Fsp3) is 0.733. The van der Waals surface area contributed by atoms with E-state index in [9.17, 15) is 8.42 Å². The summed E-state index contributed by atoms with van der Waals surface area (Å²) in [5.74, 6) is 0. The van der Waals surface area contributed by atoms with E-state index in [1.165, 1.54) is 11.3 Å². The van der Waals surface area contributed by atoms with Gasteiger partial charge in [0.2, 0.25) is 10.0 Å². The van der Waals surface area contributed by atoms with Gasteiger partial charge >= 0.3 is 0 Å². The molecule has 122 valence electrons. The molecular formula is C15H28N2O2S2. The molecule has 1 N–H and O–H groups in total. The Labute approximate surface area is 133 Å². The van der Waals surface area contributed by atoms with E-state index in [1.807, 2.05) is 20.8 Å². The Balaban J connectivity index is 2.86. The van der Waals surface area contributed by atoms with Gasteiger partial charge in [0.05, 0.1) is 4.90 Å². The van der Waals surface area contributed by atoms with Gasteiger partial charge in [0.15, 0.2) is 0 Å². The van der Waals surface area contributed by atoms with Crippen molar-refractivity contribution in [1.29, 1.82) is 0 Å². The lowest BCUT2D eigenvalue weighted by molar-refractivity contribution is 0.346. The standard InChI is InChI=1S/C15H28N2O2S2/c1-5-7-8-9-17(13(3)4)21(18,19)15-10-14(20-12-15)11-16-6-2/h10,12-13,16H,5-9,11H2,1-4H3. The first kappa shape index (κ1) is 18.6. The van der Waals surface area contributed by atoms with Crippen molar-refractivity contribution in [2.45, 2.75) is 64.4 Å². The number of hydrogen-bond donors (Lipinski definition) is 1. The molecule has 21 heavy (non-hydrogen) atoms. The highest BCUT2D eigenvalue weighted by atomic mass is 32.2. The van der Waals surface area contributed by atoms with Crippen molar-refractivity contribution < 1.29 is 8.42 Å². The van der Waals surface area contributed by atoms with Crippen LogP contribution in [0, 0.1) is 0 Å². The largest absolute Gasteiger partial charge is 0.312 e. The molecule has 4 nitrogen and oxygen atoms in total. The van der Waals surface area contributed by atoms with Crippen molar-refractivity contribution in [3.63, 3.8) is 0 Å². The molecule has 0 aromatic carbocycles. The third kappa shape index (κ3) is 5.36. The quantitative estimate of drug-likeness (QED) is 0.668. The Bertz CT molecular complexity index is 509. The summed E-state index contributed by atoms with van der Waals surface area (Å²) in [6.45, 7) is 10.3. The normalized spacial score (nSPS) is 12.5. The molecule has 0 aliphatic carbocycles. The van der Waals surface area contributed by atoms with Gasteiger partial charge in [-0.2, -0.15) is 4.31 Å². The van der Waals surface area contributed by atoms with E-state index in [1.54, 1.807) is 15.8 Å². The van der Waals surface area contributed by atoms with Crippen LogP contribution in [0.15, 0.2) is 16.3 Å². The molecule has 1 heterocycles. The summed E-state index contributed by atoms with van der Waals surface area (Å²) in [6, 6.07) is 1.79. The van der Waals surface area contributed by atoms with Crippen LogP contribution >= 0.6 is 11.3 Å². The van der Waals surface area contributed by atoms with E-state index < -0.39 is 10.0 Å². The van der Waals surface area contributed by atoms with Crippen LogP contribution in [0.5, 0.6) is 0 Å². The van der Waals surface area contributed by atoms with Crippen LogP contribution in [-0.4, -0.2) is 31.9 Å². The fourth-order valence-corrected chi connectivity index (χ4v) is 5.05. The van der Waals surface area contributed by atoms with Crippen molar-refractivity contribution in [1.82, 2.24) is 9.62 Å². The van der Waals surface area contributed by atoms with Crippen LogP contribution in [0.4, 0.5) is 0 Å². The molecule has 0 fully saturated rings. The highest BCUT2D eigenvalue weighted by Gasteiger charge is 2.27. The number of sulfonamides is 1. The minimum atomic E-state index is -3.37. The predicted molar refractivity (Wildman–Crippen MR) is 90.3 cm³/mol. The Morgan fingerprint density at radius 1 is 1.29 bits per heavy atom. The topological polar surface area (TPSA) is 49.4 Å². The van der Waals surface area contributed by atoms with Gasteiger partial charge in [-0.1, -0.05) is 26.7 Å². The van der Waals surface area contributed by atoms with Gasteiger partial charge in [-0.15, -0.1) is 11.3 Å². The first-order valence-corrected chi connectivity index (χ1v) is 10.0. The Hall–Kier alpha value is -0.430. The smallest absolute Gasteiger partial charge is 0.244 e. The van der Waals surface area contributed by atoms with E-state index >= 15 is 0 Å². The van der Waals surface area contributed by atoms with Crippen molar-refractivity contribution in [3.8, 4) is 0 Å². The van der Waals surface area contributed by atoms with Crippen LogP contribution in [0.1, 0.15) is 51.8 Å². The van der Waals surface area contributed by atoms with Gasteiger partial charge in [0.1, 0.15) is 0 Å². The second-order valence-corrected chi connectivity index (χ2v) is 8.33. The van der Waals surface area contributed by atoms with Crippen LogP contribution in [0.3, 0.4) is 0 Å². The molecule has 6 heteroatoms. The van der Waals surface area contributed by atoms with Gasteiger partial charge in [0.25, 0.3) is 0 Å². The molecule has 0 bridgehead atoms. The monoisotopic (exact) mass is 332 g/mol. The Kier molecular flexibility index (Phi) is 7.87. The third-order valence-corrected chi connectivity index (χ3v) is 6.48. The molecule has 1 aromatic rings. The summed E-state index contributed by atoms with van der Waals surface area (Å²) >= 11 is 1.51. The summed E-state index contributed by atoms with van der Waals surface area (Å²) in [5, 5.41) is 4.99. The number of hydrogen-bond acceptors (Lipinski definition) is 4. The average molecular weight is 333 g/mol. The van der Waals surface area contributed by atoms with E-state index in [2.05, 4.69) is 12.2 Å². The number of thiophene rings is 1. The number of unbranched alkanes of at least 4 members (excludes halogenated alkanes) is 2.